The van der Waals surface area contributed by atoms with Crippen molar-refractivity contribution in [3.8, 4) is 0 Å². The molecule has 0 radical (unpaired) electrons. The number of ether oxygens (including phenoxy) is 1. The van der Waals surface area contributed by atoms with Crippen LogP contribution in [0.25, 0.3) is 0 Å². The van der Waals surface area contributed by atoms with Gasteiger partial charge in [-0.05, 0) is 24.0 Å². The van der Waals surface area contributed by atoms with Crippen molar-refractivity contribution in [2.24, 2.45) is 20.0 Å². The zero-order valence-corrected chi connectivity index (χ0v) is 17.8. The van der Waals surface area contributed by atoms with Crippen LogP contribution in [0, 0.1) is 5.92 Å². The first-order chi connectivity index (χ1) is 14.2. The summed E-state index contributed by atoms with van der Waals surface area (Å²) in [5.74, 6) is -0.929. The average molecular weight is 413 g/mol. The van der Waals surface area contributed by atoms with Crippen LogP contribution >= 0.6 is 0 Å². The summed E-state index contributed by atoms with van der Waals surface area (Å²) in [7, 11) is 2.90. The van der Waals surface area contributed by atoms with Crippen molar-refractivity contribution < 1.29 is 14.3 Å². The number of hydrogen-bond acceptors (Lipinski definition) is 5. The number of carbonyl (C=O) groups is 2. The van der Waals surface area contributed by atoms with Gasteiger partial charge in [-0.1, -0.05) is 32.0 Å². The number of para-hydroxylation sites is 1. The SMILES string of the molecule is CC[C@H](C)c1ccccc1N1C[C@@H](C(=O)OCc2cc(=O)n(C)c(=O)n2C)CC1=O. The van der Waals surface area contributed by atoms with Crippen molar-refractivity contribution in [2.75, 3.05) is 11.4 Å². The van der Waals surface area contributed by atoms with E-state index in [0.717, 1.165) is 22.2 Å². The molecule has 1 aliphatic heterocycles. The lowest BCUT2D eigenvalue weighted by Gasteiger charge is -2.23. The highest BCUT2D eigenvalue weighted by atomic mass is 16.5. The van der Waals surface area contributed by atoms with Crippen LogP contribution in [0.2, 0.25) is 0 Å². The summed E-state index contributed by atoms with van der Waals surface area (Å²) in [4.78, 5) is 50.7. The summed E-state index contributed by atoms with van der Waals surface area (Å²) in [5, 5.41) is 0. The molecule has 0 N–H and O–H groups in total. The predicted molar refractivity (Wildman–Crippen MR) is 112 cm³/mol. The topological polar surface area (TPSA) is 90.6 Å². The molecule has 2 aromatic rings. The minimum Gasteiger partial charge on any atom is -0.459 e. The molecule has 160 valence electrons. The highest BCUT2D eigenvalue weighted by molar-refractivity contribution is 6.00. The lowest BCUT2D eigenvalue weighted by atomic mass is 9.96. The molecule has 1 aliphatic rings. The molecule has 2 heterocycles. The Balaban J connectivity index is 1.73. The van der Waals surface area contributed by atoms with E-state index < -0.39 is 23.1 Å². The molecule has 1 aromatic carbocycles. The van der Waals surface area contributed by atoms with Crippen molar-refractivity contribution >= 4 is 17.6 Å². The van der Waals surface area contributed by atoms with Crippen molar-refractivity contribution in [3.05, 3.63) is 62.4 Å². The van der Waals surface area contributed by atoms with Crippen molar-refractivity contribution in [2.45, 2.75) is 39.2 Å². The monoisotopic (exact) mass is 413 g/mol. The van der Waals surface area contributed by atoms with E-state index in [1.807, 2.05) is 24.3 Å². The van der Waals surface area contributed by atoms with Gasteiger partial charge < -0.3 is 9.64 Å². The average Bonchev–Trinajstić information content (AvgIpc) is 3.14. The first kappa shape index (κ1) is 21.5. The molecular weight excluding hydrogens is 386 g/mol. The largest absolute Gasteiger partial charge is 0.459 e. The number of rotatable bonds is 6. The van der Waals surface area contributed by atoms with Crippen LogP contribution in [0.15, 0.2) is 39.9 Å². The zero-order valence-electron chi connectivity index (χ0n) is 17.8. The van der Waals surface area contributed by atoms with Crippen LogP contribution in [0.5, 0.6) is 0 Å². The number of hydrogen-bond donors (Lipinski definition) is 0. The van der Waals surface area contributed by atoms with Crippen LogP contribution in [0.3, 0.4) is 0 Å². The third-order valence-corrected chi connectivity index (χ3v) is 5.82. The van der Waals surface area contributed by atoms with E-state index in [0.29, 0.717) is 11.6 Å². The van der Waals surface area contributed by atoms with Crippen LogP contribution in [0.1, 0.15) is 43.9 Å². The maximum atomic E-state index is 12.6. The highest BCUT2D eigenvalue weighted by Gasteiger charge is 2.37. The molecule has 1 fully saturated rings. The Morgan fingerprint density at radius 2 is 1.87 bits per heavy atom. The summed E-state index contributed by atoms with van der Waals surface area (Å²) >= 11 is 0. The third-order valence-electron chi connectivity index (χ3n) is 5.82. The molecule has 0 unspecified atom stereocenters. The van der Waals surface area contributed by atoms with E-state index in [1.165, 1.54) is 24.7 Å². The lowest BCUT2D eigenvalue weighted by Crippen LogP contribution is -2.38. The van der Waals surface area contributed by atoms with Gasteiger partial charge in [0, 0.05) is 38.8 Å². The second-order valence-corrected chi connectivity index (χ2v) is 7.76. The normalized spacial score (nSPS) is 17.3. The van der Waals surface area contributed by atoms with E-state index >= 15 is 0 Å². The lowest BCUT2D eigenvalue weighted by molar-refractivity contribution is -0.149. The Morgan fingerprint density at radius 3 is 2.57 bits per heavy atom. The minimum atomic E-state index is -0.592. The van der Waals surface area contributed by atoms with Crippen molar-refractivity contribution in [1.29, 1.82) is 0 Å². The molecule has 2 atom stereocenters. The van der Waals surface area contributed by atoms with Gasteiger partial charge in [-0.25, -0.2) is 4.79 Å². The molecule has 3 rings (SSSR count). The van der Waals surface area contributed by atoms with Crippen molar-refractivity contribution in [1.82, 2.24) is 9.13 Å². The Kier molecular flexibility index (Phi) is 6.24. The summed E-state index contributed by atoms with van der Waals surface area (Å²) in [6, 6.07) is 9.02. The van der Waals surface area contributed by atoms with E-state index in [4.69, 9.17) is 4.74 Å². The summed E-state index contributed by atoms with van der Waals surface area (Å²) < 4.78 is 7.60. The number of nitrogens with zero attached hydrogens (tertiary/aromatic N) is 3. The molecule has 0 saturated carbocycles. The predicted octanol–water partition coefficient (Wildman–Crippen LogP) is 1.69. The van der Waals surface area contributed by atoms with Gasteiger partial charge in [0.2, 0.25) is 5.91 Å². The molecule has 1 amide bonds. The number of benzene rings is 1. The molecule has 8 heteroatoms. The molecule has 0 spiro atoms. The Morgan fingerprint density at radius 1 is 1.17 bits per heavy atom. The van der Waals surface area contributed by atoms with Gasteiger partial charge in [0.15, 0.2) is 0 Å². The fourth-order valence-electron chi connectivity index (χ4n) is 3.65. The number of carbonyl (C=O) groups excluding carboxylic acids is 2. The number of anilines is 1. The number of aromatic nitrogens is 2. The van der Waals surface area contributed by atoms with E-state index in [-0.39, 0.29) is 25.5 Å². The van der Waals surface area contributed by atoms with Gasteiger partial charge in [-0.2, -0.15) is 0 Å². The Labute approximate surface area is 174 Å². The second-order valence-electron chi connectivity index (χ2n) is 7.76. The van der Waals surface area contributed by atoms with Gasteiger partial charge in [-0.3, -0.25) is 23.5 Å². The first-order valence-electron chi connectivity index (χ1n) is 10.1. The standard InChI is InChI=1S/C22H27N3O5/c1-5-14(2)17-8-6-7-9-18(17)25-12-15(10-20(25)27)21(28)30-13-16-11-19(26)24(4)22(29)23(16)3/h6-9,11,14-15H,5,10,12-13H2,1-4H3/t14-,15-/m0/s1. The fourth-order valence-corrected chi connectivity index (χ4v) is 3.65. The fraction of sp³-hybridized carbons (Fsp3) is 0.455. The third kappa shape index (κ3) is 4.08. The van der Waals surface area contributed by atoms with Gasteiger partial charge in [0.25, 0.3) is 5.56 Å². The van der Waals surface area contributed by atoms with Crippen LogP contribution in [-0.4, -0.2) is 27.6 Å². The molecular formula is C22H27N3O5. The number of esters is 1. The summed E-state index contributed by atoms with van der Waals surface area (Å²) in [6.07, 6.45) is 1.02. The van der Waals surface area contributed by atoms with E-state index in [1.54, 1.807) is 4.90 Å². The second kappa shape index (κ2) is 8.69. The maximum absolute atomic E-state index is 12.6. The van der Waals surface area contributed by atoms with Gasteiger partial charge in [0.05, 0.1) is 11.6 Å². The van der Waals surface area contributed by atoms with Gasteiger partial charge in [-0.15, -0.1) is 0 Å². The quantitative estimate of drug-likeness (QED) is 0.673. The molecule has 1 aromatic heterocycles. The van der Waals surface area contributed by atoms with Gasteiger partial charge >= 0.3 is 11.7 Å². The van der Waals surface area contributed by atoms with Crippen molar-refractivity contribution in [3.63, 3.8) is 0 Å². The minimum absolute atomic E-state index is 0.0726. The Bertz CT molecular complexity index is 1080. The Hall–Kier alpha value is -3.16. The molecule has 1 saturated heterocycles. The molecule has 0 aliphatic carbocycles. The zero-order chi connectivity index (χ0) is 22.0. The van der Waals surface area contributed by atoms with Crippen LogP contribution in [-0.2, 0) is 35.0 Å². The summed E-state index contributed by atoms with van der Waals surface area (Å²) in [5.41, 5.74) is 1.27. The summed E-state index contributed by atoms with van der Waals surface area (Å²) in [6.45, 7) is 4.26. The molecule has 0 bridgehead atoms. The van der Waals surface area contributed by atoms with Crippen LogP contribution < -0.4 is 16.1 Å². The smallest absolute Gasteiger partial charge is 0.330 e. The molecule has 30 heavy (non-hydrogen) atoms. The first-order valence-corrected chi connectivity index (χ1v) is 10.1. The highest BCUT2D eigenvalue weighted by Crippen LogP contribution is 2.33. The molecule has 8 nitrogen and oxygen atoms in total. The maximum Gasteiger partial charge on any atom is 0.330 e. The van der Waals surface area contributed by atoms with Gasteiger partial charge in [0.1, 0.15) is 6.61 Å². The van der Waals surface area contributed by atoms with Crippen LogP contribution in [0.4, 0.5) is 5.69 Å². The van der Waals surface area contributed by atoms with E-state index in [9.17, 15) is 19.2 Å². The number of amides is 1. The van der Waals surface area contributed by atoms with E-state index in [2.05, 4.69) is 13.8 Å².